The Kier molecular flexibility index (Phi) is 6.85. The molecule has 5 nitrogen and oxygen atoms in total. The van der Waals surface area contributed by atoms with Crippen molar-refractivity contribution < 1.29 is 9.21 Å². The van der Waals surface area contributed by atoms with E-state index < -0.39 is 0 Å². The second-order valence-corrected chi connectivity index (χ2v) is 8.20. The highest BCUT2D eigenvalue weighted by molar-refractivity contribution is 7.80. The van der Waals surface area contributed by atoms with E-state index >= 15 is 0 Å². The minimum Gasteiger partial charge on any atom is -0.440 e. The number of hydrogen-bond donors (Lipinski definition) is 2. The summed E-state index contributed by atoms with van der Waals surface area (Å²) in [5.41, 5.74) is 4.08. The van der Waals surface area contributed by atoms with Crippen LogP contribution < -0.4 is 10.6 Å². The zero-order chi connectivity index (χ0) is 22.5. The first-order valence-electron chi connectivity index (χ1n) is 9.64. The van der Waals surface area contributed by atoms with Crippen molar-refractivity contribution in [1.82, 2.24) is 10.3 Å². The van der Waals surface area contributed by atoms with Crippen LogP contribution in [-0.2, 0) is 11.2 Å². The number of nitrogens with one attached hydrogen (secondary N) is 2. The Hall–Kier alpha value is -3.19. The van der Waals surface area contributed by atoms with Crippen molar-refractivity contribution in [2.45, 2.75) is 6.42 Å². The molecule has 8 heteroatoms. The zero-order valence-corrected chi connectivity index (χ0v) is 19.0. The van der Waals surface area contributed by atoms with E-state index in [4.69, 9.17) is 39.8 Å². The minimum absolute atomic E-state index is 0.208. The van der Waals surface area contributed by atoms with Gasteiger partial charge in [0.2, 0.25) is 5.91 Å². The Bertz CT molecular complexity index is 1300. The third-order valence-corrected chi connectivity index (χ3v) is 5.19. The van der Waals surface area contributed by atoms with Crippen molar-refractivity contribution in [3.05, 3.63) is 99.9 Å². The van der Waals surface area contributed by atoms with Crippen molar-refractivity contribution in [1.29, 1.82) is 0 Å². The summed E-state index contributed by atoms with van der Waals surface area (Å²) in [5, 5.41) is 7.08. The highest BCUT2D eigenvalue weighted by Gasteiger charge is 2.08. The Balaban J connectivity index is 1.31. The standard InChI is InChI=1S/C24H17Cl2N3O2S/c25-17-6-1-15(2-7-17)5-12-22(30)29-24(32)27-19-9-3-16(4-10-19)13-23-28-20-14-18(26)8-11-21(20)31-23/h1-12,14H,13H2,(H2,27,29,30,32)/b12-5+. The van der Waals surface area contributed by atoms with E-state index in [1.54, 1.807) is 36.4 Å². The number of carbonyl (C=O) groups is 1. The van der Waals surface area contributed by atoms with Crippen molar-refractivity contribution in [2.75, 3.05) is 5.32 Å². The second kappa shape index (κ2) is 9.96. The highest BCUT2D eigenvalue weighted by atomic mass is 35.5. The predicted molar refractivity (Wildman–Crippen MR) is 133 cm³/mol. The summed E-state index contributed by atoms with van der Waals surface area (Å²) in [6, 6.07) is 20.1. The van der Waals surface area contributed by atoms with Crippen LogP contribution >= 0.6 is 35.4 Å². The number of thiocarbonyl (C=S) groups is 1. The van der Waals surface area contributed by atoms with Gasteiger partial charge in [0.25, 0.3) is 0 Å². The fourth-order valence-corrected chi connectivity index (χ4v) is 3.48. The van der Waals surface area contributed by atoms with Crippen molar-refractivity contribution >= 4 is 69.3 Å². The van der Waals surface area contributed by atoms with Gasteiger partial charge in [0.1, 0.15) is 5.52 Å². The van der Waals surface area contributed by atoms with Gasteiger partial charge in [-0.05, 0) is 71.9 Å². The molecular weight excluding hydrogens is 465 g/mol. The largest absolute Gasteiger partial charge is 0.440 e. The maximum Gasteiger partial charge on any atom is 0.250 e. The van der Waals surface area contributed by atoms with E-state index in [9.17, 15) is 4.79 Å². The molecule has 2 N–H and O–H groups in total. The fraction of sp³-hybridized carbons (Fsp3) is 0.0417. The number of fused-ring (bicyclic) bond motifs is 1. The lowest BCUT2D eigenvalue weighted by Crippen LogP contribution is -2.32. The molecule has 1 aromatic heterocycles. The third kappa shape index (κ3) is 5.95. The van der Waals surface area contributed by atoms with E-state index in [1.165, 1.54) is 6.08 Å². The molecule has 160 valence electrons. The van der Waals surface area contributed by atoms with Crippen LogP contribution in [0.5, 0.6) is 0 Å². The molecule has 0 aliphatic carbocycles. The molecule has 0 aliphatic rings. The average Bonchev–Trinajstić information content (AvgIpc) is 3.16. The topological polar surface area (TPSA) is 67.2 Å². The summed E-state index contributed by atoms with van der Waals surface area (Å²) < 4.78 is 5.76. The van der Waals surface area contributed by atoms with E-state index in [0.29, 0.717) is 27.9 Å². The SMILES string of the molecule is O=C(/C=C/c1ccc(Cl)cc1)NC(=S)Nc1ccc(Cc2nc3cc(Cl)ccc3o2)cc1. The zero-order valence-electron chi connectivity index (χ0n) is 16.6. The summed E-state index contributed by atoms with van der Waals surface area (Å²) in [6.45, 7) is 0. The summed E-state index contributed by atoms with van der Waals surface area (Å²) in [6.07, 6.45) is 3.64. The van der Waals surface area contributed by atoms with Gasteiger partial charge in [0, 0.05) is 28.2 Å². The number of amides is 1. The maximum atomic E-state index is 12.1. The van der Waals surface area contributed by atoms with Crippen molar-refractivity contribution in [2.24, 2.45) is 0 Å². The first kappa shape index (κ1) is 22.0. The number of aromatic nitrogens is 1. The Morgan fingerprint density at radius 3 is 2.47 bits per heavy atom. The lowest BCUT2D eigenvalue weighted by atomic mass is 10.1. The van der Waals surface area contributed by atoms with E-state index in [0.717, 1.165) is 22.3 Å². The van der Waals surface area contributed by atoms with E-state index in [-0.39, 0.29) is 11.0 Å². The van der Waals surface area contributed by atoms with Gasteiger partial charge in [-0.25, -0.2) is 4.98 Å². The minimum atomic E-state index is -0.329. The summed E-state index contributed by atoms with van der Waals surface area (Å²) in [4.78, 5) is 16.5. The Morgan fingerprint density at radius 1 is 1.00 bits per heavy atom. The van der Waals surface area contributed by atoms with Gasteiger partial charge in [0.05, 0.1) is 0 Å². The molecule has 1 heterocycles. The molecule has 0 atom stereocenters. The normalized spacial score (nSPS) is 11.1. The van der Waals surface area contributed by atoms with Crippen LogP contribution in [0.3, 0.4) is 0 Å². The second-order valence-electron chi connectivity index (χ2n) is 6.92. The van der Waals surface area contributed by atoms with Crippen LogP contribution in [0.4, 0.5) is 5.69 Å². The van der Waals surface area contributed by atoms with Gasteiger partial charge in [-0.1, -0.05) is 47.5 Å². The summed E-state index contributed by atoms with van der Waals surface area (Å²) >= 11 is 17.1. The van der Waals surface area contributed by atoms with Gasteiger partial charge in [-0.2, -0.15) is 0 Å². The average molecular weight is 482 g/mol. The van der Waals surface area contributed by atoms with Crippen LogP contribution in [0.15, 0.2) is 77.2 Å². The molecule has 0 fully saturated rings. The van der Waals surface area contributed by atoms with Gasteiger partial charge in [-0.3, -0.25) is 10.1 Å². The molecule has 0 spiro atoms. The van der Waals surface area contributed by atoms with Crippen LogP contribution in [0.1, 0.15) is 17.0 Å². The molecule has 0 aliphatic heterocycles. The van der Waals surface area contributed by atoms with Crippen molar-refractivity contribution in [3.8, 4) is 0 Å². The molecular formula is C24H17Cl2N3O2S. The smallest absolute Gasteiger partial charge is 0.250 e. The van der Waals surface area contributed by atoms with Crippen LogP contribution in [0.2, 0.25) is 10.0 Å². The number of carbonyl (C=O) groups excluding carboxylic acids is 1. The lowest BCUT2D eigenvalue weighted by molar-refractivity contribution is -0.115. The number of rotatable bonds is 5. The van der Waals surface area contributed by atoms with Gasteiger partial charge in [0.15, 0.2) is 16.6 Å². The van der Waals surface area contributed by atoms with Gasteiger partial charge >= 0.3 is 0 Å². The molecule has 3 aromatic carbocycles. The highest BCUT2D eigenvalue weighted by Crippen LogP contribution is 2.22. The van der Waals surface area contributed by atoms with E-state index in [2.05, 4.69) is 15.6 Å². The van der Waals surface area contributed by atoms with Crippen molar-refractivity contribution in [3.63, 3.8) is 0 Å². The molecule has 0 bridgehead atoms. The molecule has 4 aromatic rings. The Morgan fingerprint density at radius 2 is 1.72 bits per heavy atom. The van der Waals surface area contributed by atoms with E-state index in [1.807, 2.05) is 36.4 Å². The summed E-state index contributed by atoms with van der Waals surface area (Å²) in [5.74, 6) is 0.281. The summed E-state index contributed by atoms with van der Waals surface area (Å²) in [7, 11) is 0. The molecule has 0 saturated heterocycles. The molecule has 0 unspecified atom stereocenters. The molecule has 4 rings (SSSR count). The number of anilines is 1. The first-order valence-corrected chi connectivity index (χ1v) is 10.8. The third-order valence-electron chi connectivity index (χ3n) is 4.49. The number of halogens is 2. The maximum absolute atomic E-state index is 12.1. The first-order chi connectivity index (χ1) is 15.4. The van der Waals surface area contributed by atoms with Crippen LogP contribution in [0.25, 0.3) is 17.2 Å². The van der Waals surface area contributed by atoms with Crippen LogP contribution in [-0.4, -0.2) is 16.0 Å². The fourth-order valence-electron chi connectivity index (χ4n) is 2.97. The quantitative estimate of drug-likeness (QED) is 0.260. The predicted octanol–water partition coefficient (Wildman–Crippen LogP) is 6.25. The molecule has 0 radical (unpaired) electrons. The van der Waals surface area contributed by atoms with Gasteiger partial charge < -0.3 is 9.73 Å². The lowest BCUT2D eigenvalue weighted by Gasteiger charge is -2.08. The van der Waals surface area contributed by atoms with Gasteiger partial charge in [-0.15, -0.1) is 0 Å². The number of nitrogens with zero attached hydrogens (tertiary/aromatic N) is 1. The Labute approximate surface area is 200 Å². The molecule has 0 saturated carbocycles. The number of benzene rings is 3. The number of hydrogen-bond acceptors (Lipinski definition) is 4. The van der Waals surface area contributed by atoms with Crippen LogP contribution in [0, 0.1) is 0 Å². The molecule has 32 heavy (non-hydrogen) atoms. The molecule has 1 amide bonds. The monoisotopic (exact) mass is 481 g/mol. The number of oxazole rings is 1.